The summed E-state index contributed by atoms with van der Waals surface area (Å²) in [5, 5.41) is 2.33. The van der Waals surface area contributed by atoms with Crippen LogP contribution < -0.4 is 10.2 Å². The van der Waals surface area contributed by atoms with E-state index in [2.05, 4.69) is 32.0 Å². The van der Waals surface area contributed by atoms with Gasteiger partial charge in [-0.3, -0.25) is 4.90 Å². The standard InChI is InChI=1S/C16H22F3N3O2/c17-16(18,19)13-24-15(23)20-7-4-8-21-9-11-22(12-10-21)14-5-2-1-3-6-14/h1-3,5-6H,4,7-13H2,(H,20,23). The first kappa shape index (κ1) is 18.4. The molecule has 1 fully saturated rings. The van der Waals surface area contributed by atoms with Crippen molar-refractivity contribution in [2.24, 2.45) is 0 Å². The molecule has 8 heteroatoms. The van der Waals surface area contributed by atoms with Gasteiger partial charge >= 0.3 is 12.3 Å². The Kier molecular flexibility index (Phi) is 6.72. The number of ether oxygens (including phenoxy) is 1. The second kappa shape index (κ2) is 8.77. The van der Waals surface area contributed by atoms with Gasteiger partial charge in [0.25, 0.3) is 0 Å². The average molecular weight is 345 g/mol. The molecule has 0 aliphatic carbocycles. The van der Waals surface area contributed by atoms with Crippen molar-refractivity contribution in [3.05, 3.63) is 30.3 Å². The molecule has 1 amide bonds. The fourth-order valence-electron chi connectivity index (χ4n) is 2.56. The van der Waals surface area contributed by atoms with E-state index in [0.717, 1.165) is 32.7 Å². The van der Waals surface area contributed by atoms with Gasteiger partial charge in [0.05, 0.1) is 0 Å². The van der Waals surface area contributed by atoms with E-state index >= 15 is 0 Å². The van der Waals surface area contributed by atoms with E-state index in [1.54, 1.807) is 0 Å². The van der Waals surface area contributed by atoms with Gasteiger partial charge in [-0.05, 0) is 25.1 Å². The molecule has 1 aliphatic heterocycles. The van der Waals surface area contributed by atoms with Crippen LogP contribution in [0.2, 0.25) is 0 Å². The average Bonchev–Trinajstić information content (AvgIpc) is 2.58. The van der Waals surface area contributed by atoms with Crippen LogP contribution in [0.15, 0.2) is 30.3 Å². The first-order valence-corrected chi connectivity index (χ1v) is 7.94. The predicted octanol–water partition coefficient (Wildman–Crippen LogP) is 2.49. The normalized spacial score (nSPS) is 16.0. The number of nitrogens with one attached hydrogen (secondary N) is 1. The second-order valence-corrected chi connectivity index (χ2v) is 5.64. The highest BCUT2D eigenvalue weighted by Crippen LogP contribution is 2.16. The Morgan fingerprint density at radius 2 is 1.79 bits per heavy atom. The Morgan fingerprint density at radius 1 is 1.12 bits per heavy atom. The van der Waals surface area contributed by atoms with Crippen LogP contribution in [0.25, 0.3) is 0 Å². The molecule has 0 atom stereocenters. The molecular weight excluding hydrogens is 323 g/mol. The van der Waals surface area contributed by atoms with E-state index in [1.807, 2.05) is 18.2 Å². The lowest BCUT2D eigenvalue weighted by Gasteiger charge is -2.36. The van der Waals surface area contributed by atoms with Crippen LogP contribution in [0.1, 0.15) is 6.42 Å². The lowest BCUT2D eigenvalue weighted by molar-refractivity contribution is -0.160. The van der Waals surface area contributed by atoms with Crippen LogP contribution in [0.4, 0.5) is 23.7 Å². The SMILES string of the molecule is O=C(NCCCN1CCN(c2ccccc2)CC1)OCC(F)(F)F. The summed E-state index contributed by atoms with van der Waals surface area (Å²) in [6.45, 7) is 3.26. The van der Waals surface area contributed by atoms with Crippen molar-refractivity contribution in [3.63, 3.8) is 0 Å². The van der Waals surface area contributed by atoms with Crippen LogP contribution in [-0.4, -0.2) is 63.0 Å². The zero-order valence-electron chi connectivity index (χ0n) is 13.4. The number of rotatable bonds is 6. The maximum absolute atomic E-state index is 11.9. The molecule has 0 saturated carbocycles. The van der Waals surface area contributed by atoms with Crippen LogP contribution in [0.3, 0.4) is 0 Å². The quantitative estimate of drug-likeness (QED) is 0.805. The third-order valence-electron chi connectivity index (χ3n) is 3.78. The minimum absolute atomic E-state index is 0.301. The summed E-state index contributed by atoms with van der Waals surface area (Å²) in [7, 11) is 0. The summed E-state index contributed by atoms with van der Waals surface area (Å²) in [6.07, 6.45) is -4.84. The molecule has 134 valence electrons. The summed E-state index contributed by atoms with van der Waals surface area (Å²) >= 11 is 0. The number of carbonyl (C=O) groups excluding carboxylic acids is 1. The number of alkyl carbamates (subject to hydrolysis) is 1. The van der Waals surface area contributed by atoms with Gasteiger partial charge in [0.15, 0.2) is 6.61 Å². The monoisotopic (exact) mass is 345 g/mol. The van der Waals surface area contributed by atoms with Gasteiger partial charge in [0.2, 0.25) is 0 Å². The van der Waals surface area contributed by atoms with Crippen molar-refractivity contribution in [1.82, 2.24) is 10.2 Å². The molecule has 2 rings (SSSR count). The first-order valence-electron chi connectivity index (χ1n) is 7.94. The summed E-state index contributed by atoms with van der Waals surface area (Å²) in [5.74, 6) is 0. The van der Waals surface area contributed by atoms with Crippen molar-refractivity contribution < 1.29 is 22.7 Å². The smallest absolute Gasteiger partial charge is 0.422 e. The molecule has 24 heavy (non-hydrogen) atoms. The van der Waals surface area contributed by atoms with E-state index in [0.29, 0.717) is 13.0 Å². The third-order valence-corrected chi connectivity index (χ3v) is 3.78. The Balaban J connectivity index is 1.56. The van der Waals surface area contributed by atoms with E-state index in [4.69, 9.17) is 0 Å². The largest absolute Gasteiger partial charge is 0.440 e. The highest BCUT2D eigenvalue weighted by atomic mass is 19.4. The minimum atomic E-state index is -4.49. The summed E-state index contributed by atoms with van der Waals surface area (Å²) in [4.78, 5) is 15.7. The van der Waals surface area contributed by atoms with Gasteiger partial charge in [-0.2, -0.15) is 13.2 Å². The van der Waals surface area contributed by atoms with Gasteiger partial charge < -0.3 is 15.0 Å². The zero-order chi connectivity index (χ0) is 17.4. The molecule has 0 radical (unpaired) electrons. The zero-order valence-corrected chi connectivity index (χ0v) is 13.4. The number of anilines is 1. The highest BCUT2D eigenvalue weighted by molar-refractivity contribution is 5.67. The van der Waals surface area contributed by atoms with Gasteiger partial charge in [-0.1, -0.05) is 18.2 Å². The van der Waals surface area contributed by atoms with Crippen molar-refractivity contribution in [2.75, 3.05) is 50.8 Å². The minimum Gasteiger partial charge on any atom is -0.440 e. The Bertz CT molecular complexity index is 503. The van der Waals surface area contributed by atoms with Crippen LogP contribution >= 0.6 is 0 Å². The molecule has 0 bridgehead atoms. The highest BCUT2D eigenvalue weighted by Gasteiger charge is 2.29. The molecule has 1 aromatic carbocycles. The molecule has 0 spiro atoms. The van der Waals surface area contributed by atoms with Crippen molar-refractivity contribution in [1.29, 1.82) is 0 Å². The van der Waals surface area contributed by atoms with E-state index in [9.17, 15) is 18.0 Å². The molecule has 0 unspecified atom stereocenters. The second-order valence-electron chi connectivity index (χ2n) is 5.64. The third kappa shape index (κ3) is 6.66. The van der Waals surface area contributed by atoms with E-state index < -0.39 is 18.9 Å². The van der Waals surface area contributed by atoms with Gasteiger partial charge in [0, 0.05) is 38.4 Å². The maximum Gasteiger partial charge on any atom is 0.422 e. The van der Waals surface area contributed by atoms with E-state index in [-0.39, 0.29) is 0 Å². The van der Waals surface area contributed by atoms with Gasteiger partial charge in [-0.25, -0.2) is 4.79 Å². The Morgan fingerprint density at radius 3 is 2.42 bits per heavy atom. The number of hydrogen-bond acceptors (Lipinski definition) is 4. The Hall–Kier alpha value is -1.96. The molecule has 5 nitrogen and oxygen atoms in total. The number of amides is 1. The lowest BCUT2D eigenvalue weighted by Crippen LogP contribution is -2.47. The summed E-state index contributed by atoms with van der Waals surface area (Å²) in [6, 6.07) is 10.2. The number of nitrogens with zero attached hydrogens (tertiary/aromatic N) is 2. The Labute approximate surface area is 139 Å². The number of para-hydroxylation sites is 1. The number of piperazine rings is 1. The molecule has 0 aromatic heterocycles. The van der Waals surface area contributed by atoms with Crippen LogP contribution in [0, 0.1) is 0 Å². The fourth-order valence-corrected chi connectivity index (χ4v) is 2.56. The number of halogens is 3. The van der Waals surface area contributed by atoms with Crippen LogP contribution in [0.5, 0.6) is 0 Å². The molecule has 1 aliphatic rings. The summed E-state index contributed by atoms with van der Waals surface area (Å²) < 4.78 is 39.7. The molecule has 1 N–H and O–H groups in total. The fraction of sp³-hybridized carbons (Fsp3) is 0.562. The van der Waals surface area contributed by atoms with E-state index in [1.165, 1.54) is 5.69 Å². The summed E-state index contributed by atoms with van der Waals surface area (Å²) in [5.41, 5.74) is 1.21. The number of carbonyl (C=O) groups is 1. The lowest BCUT2D eigenvalue weighted by atomic mass is 10.2. The molecular formula is C16H22F3N3O2. The number of hydrogen-bond donors (Lipinski definition) is 1. The number of benzene rings is 1. The maximum atomic E-state index is 11.9. The molecule has 1 heterocycles. The topological polar surface area (TPSA) is 44.8 Å². The number of alkyl halides is 3. The van der Waals surface area contributed by atoms with Gasteiger partial charge in [-0.15, -0.1) is 0 Å². The first-order chi connectivity index (χ1) is 11.4. The van der Waals surface area contributed by atoms with Crippen molar-refractivity contribution in [3.8, 4) is 0 Å². The molecule has 1 aromatic rings. The predicted molar refractivity (Wildman–Crippen MR) is 85.1 cm³/mol. The molecule has 1 saturated heterocycles. The van der Waals surface area contributed by atoms with Crippen LogP contribution in [-0.2, 0) is 4.74 Å². The van der Waals surface area contributed by atoms with Crippen molar-refractivity contribution in [2.45, 2.75) is 12.6 Å². The van der Waals surface area contributed by atoms with Crippen molar-refractivity contribution >= 4 is 11.8 Å². The van der Waals surface area contributed by atoms with Gasteiger partial charge in [0.1, 0.15) is 0 Å².